The van der Waals surface area contributed by atoms with E-state index in [2.05, 4.69) is 6.08 Å². The van der Waals surface area contributed by atoms with Gasteiger partial charge < -0.3 is 10.3 Å². The topological polar surface area (TPSA) is 83.6 Å². The third-order valence-electron chi connectivity index (χ3n) is 1.98. The van der Waals surface area contributed by atoms with Crippen LogP contribution >= 0.6 is 0 Å². The van der Waals surface area contributed by atoms with Crippen LogP contribution in [-0.2, 0) is 0 Å². The Morgan fingerprint density at radius 3 is 2.50 bits per heavy atom. The molecule has 1 unspecified atom stereocenters. The van der Waals surface area contributed by atoms with Crippen molar-refractivity contribution in [2.75, 3.05) is 0 Å². The third-order valence-corrected chi connectivity index (χ3v) is 1.98. The van der Waals surface area contributed by atoms with Crippen molar-refractivity contribution >= 4 is 0 Å². The van der Waals surface area contributed by atoms with Crippen molar-refractivity contribution < 1.29 is 15.4 Å². The van der Waals surface area contributed by atoms with E-state index in [1.54, 1.807) is 0 Å². The van der Waals surface area contributed by atoms with E-state index in [-0.39, 0.29) is 6.10 Å². The van der Waals surface area contributed by atoms with E-state index >= 15 is 0 Å². The van der Waals surface area contributed by atoms with Gasteiger partial charge in [0.25, 0.3) is 5.09 Å². The Bertz CT molecular complexity index is 178. The van der Waals surface area contributed by atoms with E-state index < -0.39 is 5.09 Å². The maximum atomic E-state index is 9.25. The monoisotopic (exact) mass is 203 g/mol. The van der Waals surface area contributed by atoms with Crippen LogP contribution in [0.5, 0.6) is 0 Å². The van der Waals surface area contributed by atoms with Crippen LogP contribution in [0.3, 0.4) is 0 Å². The average molecular weight is 203 g/mol. The van der Waals surface area contributed by atoms with Crippen LogP contribution in [0.1, 0.15) is 38.5 Å². The van der Waals surface area contributed by atoms with Crippen LogP contribution in [0, 0.1) is 10.1 Å². The molecule has 0 radical (unpaired) electrons. The van der Waals surface area contributed by atoms with Gasteiger partial charge in [0, 0.05) is 0 Å². The smallest absolute Gasteiger partial charge is 0.291 e. The van der Waals surface area contributed by atoms with Gasteiger partial charge in [-0.05, 0) is 19.3 Å². The minimum absolute atomic E-state index is 0.168. The zero-order valence-electron chi connectivity index (χ0n) is 8.13. The van der Waals surface area contributed by atoms with E-state index in [4.69, 9.17) is 15.3 Å². The summed E-state index contributed by atoms with van der Waals surface area (Å²) in [5, 5.41) is 22.9. The maximum absolute atomic E-state index is 9.25. The van der Waals surface area contributed by atoms with E-state index in [0.717, 1.165) is 12.8 Å². The van der Waals surface area contributed by atoms with Crippen LogP contribution in [0.2, 0.25) is 0 Å². The Balaban J connectivity index is 0.000000364. The van der Waals surface area contributed by atoms with Gasteiger partial charge in [-0.15, -0.1) is 10.1 Å². The van der Waals surface area contributed by atoms with Crippen molar-refractivity contribution in [1.82, 2.24) is 0 Å². The van der Waals surface area contributed by atoms with Gasteiger partial charge in [-0.3, -0.25) is 0 Å². The quantitative estimate of drug-likeness (QED) is 0.358. The second kappa shape index (κ2) is 8.50. The number of aliphatic hydroxyl groups is 1. The number of aliphatic hydroxyl groups excluding tert-OH is 1. The van der Waals surface area contributed by atoms with Gasteiger partial charge in [0.05, 0.1) is 6.10 Å². The first-order chi connectivity index (χ1) is 6.63. The summed E-state index contributed by atoms with van der Waals surface area (Å²) >= 11 is 0. The highest BCUT2D eigenvalue weighted by atomic mass is 16.9. The molecule has 2 N–H and O–H groups in total. The third kappa shape index (κ3) is 10.9. The minimum atomic E-state index is -1.50. The zero-order chi connectivity index (χ0) is 10.8. The predicted octanol–water partition coefficient (Wildman–Crippen LogP) is 1.91. The summed E-state index contributed by atoms with van der Waals surface area (Å²) in [5.74, 6) is 0. The fourth-order valence-corrected chi connectivity index (χ4v) is 1.32. The van der Waals surface area contributed by atoms with Gasteiger partial charge in [-0.25, -0.2) is 0 Å². The van der Waals surface area contributed by atoms with Crippen LogP contribution in [0.4, 0.5) is 0 Å². The second-order valence-electron chi connectivity index (χ2n) is 3.22. The number of hydrogen-bond acceptors (Lipinski definition) is 3. The molecule has 0 aromatic rings. The highest BCUT2D eigenvalue weighted by Gasteiger charge is 2.00. The lowest BCUT2D eigenvalue weighted by molar-refractivity contribution is -0.742. The summed E-state index contributed by atoms with van der Waals surface area (Å²) in [7, 11) is 0. The second-order valence-corrected chi connectivity index (χ2v) is 3.22. The molecular weight excluding hydrogens is 186 g/mol. The van der Waals surface area contributed by atoms with Crippen LogP contribution in [-0.4, -0.2) is 21.5 Å². The molecule has 0 spiro atoms. The van der Waals surface area contributed by atoms with Gasteiger partial charge in [0.15, 0.2) is 0 Å². The molecule has 0 amide bonds. The van der Waals surface area contributed by atoms with E-state index in [0.29, 0.717) is 0 Å². The SMILES string of the molecule is O=[N+]([O-])O.OC1C=CCCCCCC1. The summed E-state index contributed by atoms with van der Waals surface area (Å²) in [6, 6.07) is 0. The predicted molar refractivity (Wildman–Crippen MR) is 51.6 cm³/mol. The molecule has 1 aliphatic rings. The summed E-state index contributed by atoms with van der Waals surface area (Å²) in [6.07, 6.45) is 11.1. The van der Waals surface area contributed by atoms with Crippen molar-refractivity contribution in [1.29, 1.82) is 0 Å². The lowest BCUT2D eigenvalue weighted by Gasteiger charge is -2.01. The Hall–Kier alpha value is -1.10. The minimum Gasteiger partial charge on any atom is -0.389 e. The Morgan fingerprint density at radius 2 is 1.86 bits per heavy atom. The highest BCUT2D eigenvalue weighted by molar-refractivity contribution is 4.89. The largest absolute Gasteiger partial charge is 0.389 e. The molecule has 14 heavy (non-hydrogen) atoms. The van der Waals surface area contributed by atoms with E-state index in [1.807, 2.05) is 6.08 Å². The standard InChI is InChI=1S/C9H16O.HNO3/c10-9-7-5-3-1-2-4-6-8-9;2-1(3)4/h5,7,9-10H,1-4,6,8H2;(H,2,3,4). The molecule has 0 heterocycles. The molecule has 0 saturated carbocycles. The summed E-state index contributed by atoms with van der Waals surface area (Å²) < 4.78 is 0. The van der Waals surface area contributed by atoms with Crippen molar-refractivity contribution in [3.05, 3.63) is 22.3 Å². The molecule has 0 aromatic carbocycles. The molecule has 0 fully saturated rings. The van der Waals surface area contributed by atoms with Gasteiger partial charge in [0.1, 0.15) is 0 Å². The van der Waals surface area contributed by atoms with Crippen LogP contribution in [0.25, 0.3) is 0 Å². The number of nitrogens with zero attached hydrogens (tertiary/aromatic N) is 1. The normalized spacial score (nSPS) is 22.2. The maximum Gasteiger partial charge on any atom is 0.291 e. The number of rotatable bonds is 0. The highest BCUT2D eigenvalue weighted by Crippen LogP contribution is 2.11. The molecule has 82 valence electrons. The lowest BCUT2D eigenvalue weighted by atomic mass is 10.1. The zero-order valence-corrected chi connectivity index (χ0v) is 8.13. The molecule has 5 nitrogen and oxygen atoms in total. The van der Waals surface area contributed by atoms with E-state index in [1.165, 1.54) is 25.7 Å². The fraction of sp³-hybridized carbons (Fsp3) is 0.778. The Morgan fingerprint density at radius 1 is 1.29 bits per heavy atom. The lowest BCUT2D eigenvalue weighted by Crippen LogP contribution is -2.00. The average Bonchev–Trinajstić information content (AvgIpc) is 2.17. The molecule has 0 aromatic heterocycles. The molecule has 0 saturated heterocycles. The molecular formula is C9H17NO4. The Kier molecular flexibility index (Phi) is 7.83. The first-order valence-electron chi connectivity index (χ1n) is 4.81. The number of allylic oxidation sites excluding steroid dienone is 1. The fourth-order valence-electron chi connectivity index (χ4n) is 1.32. The van der Waals surface area contributed by atoms with Gasteiger partial charge in [-0.1, -0.05) is 31.4 Å². The van der Waals surface area contributed by atoms with Crippen LogP contribution in [0.15, 0.2) is 12.2 Å². The van der Waals surface area contributed by atoms with E-state index in [9.17, 15) is 5.11 Å². The van der Waals surface area contributed by atoms with Crippen molar-refractivity contribution in [3.8, 4) is 0 Å². The molecule has 1 atom stereocenters. The molecule has 5 heteroatoms. The number of hydrogen-bond donors (Lipinski definition) is 2. The summed E-state index contributed by atoms with van der Waals surface area (Å²) in [6.45, 7) is 0. The molecule has 1 rings (SSSR count). The molecule has 0 aliphatic heterocycles. The van der Waals surface area contributed by atoms with Crippen molar-refractivity contribution in [3.63, 3.8) is 0 Å². The first-order valence-corrected chi connectivity index (χ1v) is 4.81. The van der Waals surface area contributed by atoms with Crippen molar-refractivity contribution in [2.24, 2.45) is 0 Å². The van der Waals surface area contributed by atoms with Crippen molar-refractivity contribution in [2.45, 2.75) is 44.6 Å². The van der Waals surface area contributed by atoms with Gasteiger partial charge >= 0.3 is 0 Å². The Labute approximate surface area is 83.2 Å². The molecule has 1 aliphatic carbocycles. The van der Waals surface area contributed by atoms with Gasteiger partial charge in [0.2, 0.25) is 0 Å². The summed E-state index contributed by atoms with van der Waals surface area (Å²) in [5.41, 5.74) is 0. The first kappa shape index (κ1) is 12.9. The summed E-state index contributed by atoms with van der Waals surface area (Å²) in [4.78, 5) is 8.36. The van der Waals surface area contributed by atoms with Gasteiger partial charge in [-0.2, -0.15) is 0 Å². The van der Waals surface area contributed by atoms with Crippen LogP contribution < -0.4 is 0 Å². The molecule has 0 bridgehead atoms.